The second kappa shape index (κ2) is 5.95. The number of ether oxygens (including phenoxy) is 2. The van der Waals surface area contributed by atoms with Gasteiger partial charge >= 0.3 is 5.97 Å². The summed E-state index contributed by atoms with van der Waals surface area (Å²) in [4.78, 5) is 13.4. The van der Waals surface area contributed by atoms with Crippen molar-refractivity contribution in [3.05, 3.63) is 0 Å². The Kier molecular flexibility index (Phi) is 4.86. The van der Waals surface area contributed by atoms with Crippen LogP contribution in [0.5, 0.6) is 0 Å². The quantitative estimate of drug-likeness (QED) is 0.605. The van der Waals surface area contributed by atoms with Crippen molar-refractivity contribution >= 4 is 5.97 Å². The Labute approximate surface area is 84.1 Å². The van der Waals surface area contributed by atoms with Crippen LogP contribution < -0.4 is 5.73 Å². The van der Waals surface area contributed by atoms with Crippen LogP contribution in [-0.4, -0.2) is 56.9 Å². The molecule has 1 rings (SSSR count). The van der Waals surface area contributed by atoms with Gasteiger partial charge in [-0.2, -0.15) is 0 Å². The Balaban J connectivity index is 2.45. The van der Waals surface area contributed by atoms with Gasteiger partial charge in [-0.25, -0.2) is 0 Å². The van der Waals surface area contributed by atoms with Crippen LogP contribution in [0.2, 0.25) is 0 Å². The van der Waals surface area contributed by atoms with Crippen molar-refractivity contribution in [3.63, 3.8) is 0 Å². The van der Waals surface area contributed by atoms with Crippen LogP contribution in [0.25, 0.3) is 0 Å². The lowest BCUT2D eigenvalue weighted by Gasteiger charge is -2.33. The number of hydrogen-bond donors (Lipinski definition) is 1. The molecule has 1 fully saturated rings. The van der Waals surface area contributed by atoms with Crippen LogP contribution in [0.1, 0.15) is 6.42 Å². The largest absolute Gasteiger partial charge is 0.468 e. The standard InChI is InChI=1S/C9H18N2O3/c1-13-9(12)8-7-14-6-5-11(8)4-2-3-10/h8H,2-7,10H2,1H3. The van der Waals surface area contributed by atoms with E-state index in [1.54, 1.807) is 0 Å². The first-order valence-corrected chi connectivity index (χ1v) is 4.89. The molecule has 0 radical (unpaired) electrons. The monoisotopic (exact) mass is 202 g/mol. The fraction of sp³-hybridized carbons (Fsp3) is 0.889. The summed E-state index contributed by atoms with van der Waals surface area (Å²) in [5, 5.41) is 0. The third-order valence-corrected chi connectivity index (χ3v) is 2.36. The maximum atomic E-state index is 11.4. The van der Waals surface area contributed by atoms with E-state index in [0.29, 0.717) is 19.8 Å². The van der Waals surface area contributed by atoms with Gasteiger partial charge in [0.1, 0.15) is 6.04 Å². The van der Waals surface area contributed by atoms with Gasteiger partial charge in [0.05, 0.1) is 20.3 Å². The van der Waals surface area contributed by atoms with E-state index in [1.807, 2.05) is 0 Å². The van der Waals surface area contributed by atoms with Gasteiger partial charge in [0.2, 0.25) is 0 Å². The predicted octanol–water partition coefficient (Wildman–Crippen LogP) is -0.791. The number of nitrogens with zero attached hydrogens (tertiary/aromatic N) is 1. The summed E-state index contributed by atoms with van der Waals surface area (Å²) in [6.07, 6.45) is 0.896. The number of esters is 1. The van der Waals surface area contributed by atoms with Crippen LogP contribution in [0.15, 0.2) is 0 Å². The van der Waals surface area contributed by atoms with Crippen molar-refractivity contribution in [2.75, 3.05) is 40.0 Å². The van der Waals surface area contributed by atoms with Crippen LogP contribution in [0, 0.1) is 0 Å². The van der Waals surface area contributed by atoms with E-state index < -0.39 is 0 Å². The molecule has 14 heavy (non-hydrogen) atoms. The molecule has 0 spiro atoms. The molecular formula is C9H18N2O3. The second-order valence-corrected chi connectivity index (χ2v) is 3.29. The molecule has 2 N–H and O–H groups in total. The molecule has 1 saturated heterocycles. The molecule has 1 heterocycles. The molecule has 5 nitrogen and oxygen atoms in total. The Hall–Kier alpha value is -0.650. The maximum Gasteiger partial charge on any atom is 0.325 e. The van der Waals surface area contributed by atoms with E-state index in [2.05, 4.69) is 4.90 Å². The Morgan fingerprint density at radius 3 is 3.14 bits per heavy atom. The minimum Gasteiger partial charge on any atom is -0.468 e. The average Bonchev–Trinajstić information content (AvgIpc) is 2.25. The molecule has 0 bridgehead atoms. The smallest absolute Gasteiger partial charge is 0.325 e. The van der Waals surface area contributed by atoms with Gasteiger partial charge in [-0.05, 0) is 13.0 Å². The number of hydrogen-bond acceptors (Lipinski definition) is 5. The molecule has 0 aromatic carbocycles. The lowest BCUT2D eigenvalue weighted by atomic mass is 10.2. The summed E-state index contributed by atoms with van der Waals surface area (Å²) in [5.41, 5.74) is 5.43. The summed E-state index contributed by atoms with van der Waals surface area (Å²) in [6.45, 7) is 3.36. The van der Waals surface area contributed by atoms with Gasteiger partial charge in [0.15, 0.2) is 0 Å². The minimum atomic E-state index is -0.250. The van der Waals surface area contributed by atoms with E-state index >= 15 is 0 Å². The molecule has 82 valence electrons. The summed E-state index contributed by atoms with van der Waals surface area (Å²) >= 11 is 0. The highest BCUT2D eigenvalue weighted by Crippen LogP contribution is 2.08. The zero-order valence-electron chi connectivity index (χ0n) is 8.57. The van der Waals surface area contributed by atoms with E-state index in [9.17, 15) is 4.79 Å². The van der Waals surface area contributed by atoms with Crippen molar-refractivity contribution in [1.29, 1.82) is 0 Å². The summed E-state index contributed by atoms with van der Waals surface area (Å²) < 4.78 is 9.95. The van der Waals surface area contributed by atoms with Gasteiger partial charge in [0, 0.05) is 13.1 Å². The lowest BCUT2D eigenvalue weighted by Crippen LogP contribution is -2.50. The van der Waals surface area contributed by atoms with Gasteiger partial charge in [-0.15, -0.1) is 0 Å². The minimum absolute atomic E-state index is 0.221. The Morgan fingerprint density at radius 2 is 2.50 bits per heavy atom. The molecule has 0 amide bonds. The highest BCUT2D eigenvalue weighted by Gasteiger charge is 2.29. The molecule has 1 atom stereocenters. The summed E-state index contributed by atoms with van der Waals surface area (Å²) in [6, 6.07) is -0.250. The number of rotatable bonds is 4. The molecule has 0 aliphatic carbocycles. The molecule has 5 heteroatoms. The van der Waals surface area contributed by atoms with Gasteiger partial charge in [0.25, 0.3) is 0 Å². The first-order valence-electron chi connectivity index (χ1n) is 4.89. The molecule has 0 aromatic heterocycles. The van der Waals surface area contributed by atoms with Crippen molar-refractivity contribution in [2.24, 2.45) is 5.73 Å². The van der Waals surface area contributed by atoms with Crippen molar-refractivity contribution in [1.82, 2.24) is 4.90 Å². The molecule has 0 saturated carbocycles. The number of carbonyl (C=O) groups is 1. The predicted molar refractivity (Wildman–Crippen MR) is 51.9 cm³/mol. The normalized spacial score (nSPS) is 23.4. The first kappa shape index (κ1) is 11.4. The van der Waals surface area contributed by atoms with Crippen LogP contribution >= 0.6 is 0 Å². The number of carbonyl (C=O) groups excluding carboxylic acids is 1. The van der Waals surface area contributed by atoms with Gasteiger partial charge in [-0.3, -0.25) is 9.69 Å². The van der Waals surface area contributed by atoms with Gasteiger partial charge in [-0.1, -0.05) is 0 Å². The van der Waals surface area contributed by atoms with Crippen LogP contribution in [0.4, 0.5) is 0 Å². The highest BCUT2D eigenvalue weighted by molar-refractivity contribution is 5.75. The Morgan fingerprint density at radius 1 is 1.71 bits per heavy atom. The third kappa shape index (κ3) is 2.94. The first-order chi connectivity index (χ1) is 6.79. The number of methoxy groups -OCH3 is 1. The fourth-order valence-corrected chi connectivity index (χ4v) is 1.55. The molecule has 1 aliphatic rings. The van der Waals surface area contributed by atoms with Crippen molar-refractivity contribution in [2.45, 2.75) is 12.5 Å². The zero-order chi connectivity index (χ0) is 10.4. The van der Waals surface area contributed by atoms with E-state index in [0.717, 1.165) is 19.5 Å². The van der Waals surface area contributed by atoms with E-state index in [1.165, 1.54) is 7.11 Å². The molecule has 0 aromatic rings. The topological polar surface area (TPSA) is 64.8 Å². The molecular weight excluding hydrogens is 184 g/mol. The fourth-order valence-electron chi connectivity index (χ4n) is 1.55. The average molecular weight is 202 g/mol. The number of nitrogens with two attached hydrogens (primary N) is 1. The highest BCUT2D eigenvalue weighted by atomic mass is 16.5. The maximum absolute atomic E-state index is 11.4. The van der Waals surface area contributed by atoms with Crippen LogP contribution in [0.3, 0.4) is 0 Å². The third-order valence-electron chi connectivity index (χ3n) is 2.36. The van der Waals surface area contributed by atoms with Crippen molar-refractivity contribution < 1.29 is 14.3 Å². The Bertz CT molecular complexity index is 187. The summed E-state index contributed by atoms with van der Waals surface area (Å²) in [7, 11) is 1.40. The van der Waals surface area contributed by atoms with Crippen LogP contribution in [-0.2, 0) is 14.3 Å². The lowest BCUT2D eigenvalue weighted by molar-refractivity contribution is -0.153. The van der Waals surface area contributed by atoms with Gasteiger partial charge < -0.3 is 15.2 Å². The van der Waals surface area contributed by atoms with E-state index in [4.69, 9.17) is 15.2 Å². The molecule has 1 unspecified atom stereocenters. The van der Waals surface area contributed by atoms with Crippen molar-refractivity contribution in [3.8, 4) is 0 Å². The number of morpholine rings is 1. The van der Waals surface area contributed by atoms with E-state index in [-0.39, 0.29) is 12.0 Å². The zero-order valence-corrected chi connectivity index (χ0v) is 8.57. The SMILES string of the molecule is COC(=O)C1COCCN1CCCN. The summed E-state index contributed by atoms with van der Waals surface area (Å²) in [5.74, 6) is -0.221. The second-order valence-electron chi connectivity index (χ2n) is 3.29. The molecule has 1 aliphatic heterocycles.